The van der Waals surface area contributed by atoms with Crippen LogP contribution < -0.4 is 5.56 Å². The third-order valence-corrected chi connectivity index (χ3v) is 9.55. The fraction of sp³-hybridized carbons (Fsp3) is 0.440. The molecular formula is C25H32N4O3S. The first-order valence-electron chi connectivity index (χ1n) is 11.3. The van der Waals surface area contributed by atoms with Gasteiger partial charge in [-0.3, -0.25) is 9.69 Å². The molecule has 7 nitrogen and oxygen atoms in total. The fourth-order valence-corrected chi connectivity index (χ4v) is 6.77. The first kappa shape index (κ1) is 23.6. The van der Waals surface area contributed by atoms with E-state index in [1.54, 1.807) is 10.4 Å². The molecule has 1 N–H and O–H groups in total. The monoisotopic (exact) mass is 468 g/mol. The molecule has 1 atom stereocenters. The van der Waals surface area contributed by atoms with Gasteiger partial charge in [-0.25, -0.2) is 13.4 Å². The molecule has 0 radical (unpaired) electrons. The predicted octanol–water partition coefficient (Wildman–Crippen LogP) is 3.53. The molecule has 1 aromatic heterocycles. The fourth-order valence-electron chi connectivity index (χ4n) is 4.79. The summed E-state index contributed by atoms with van der Waals surface area (Å²) in [4.78, 5) is 22.6. The van der Waals surface area contributed by atoms with Crippen LogP contribution in [0.5, 0.6) is 0 Å². The van der Waals surface area contributed by atoms with Crippen LogP contribution in [0, 0.1) is 34.6 Å². The third kappa shape index (κ3) is 4.00. The maximum absolute atomic E-state index is 13.6. The van der Waals surface area contributed by atoms with E-state index in [0.29, 0.717) is 47.8 Å². The van der Waals surface area contributed by atoms with Crippen LogP contribution in [0.1, 0.15) is 46.6 Å². The molecule has 0 amide bonds. The van der Waals surface area contributed by atoms with Crippen LogP contribution in [0.25, 0.3) is 10.9 Å². The van der Waals surface area contributed by atoms with Gasteiger partial charge in [0.2, 0.25) is 10.0 Å². The van der Waals surface area contributed by atoms with Crippen LogP contribution in [0.3, 0.4) is 0 Å². The van der Waals surface area contributed by atoms with E-state index in [1.165, 1.54) is 0 Å². The number of rotatable bonds is 4. The molecule has 33 heavy (non-hydrogen) atoms. The number of hydrogen-bond donors (Lipinski definition) is 1. The number of fused-ring (bicyclic) bond motifs is 1. The number of para-hydroxylation sites is 1. The van der Waals surface area contributed by atoms with Gasteiger partial charge in [0.25, 0.3) is 5.56 Å². The highest BCUT2D eigenvalue weighted by atomic mass is 32.2. The number of H-pyrrole nitrogens is 1. The van der Waals surface area contributed by atoms with Gasteiger partial charge in [-0.05, 0) is 81.5 Å². The van der Waals surface area contributed by atoms with Crippen molar-refractivity contribution in [3.05, 3.63) is 68.3 Å². The lowest BCUT2D eigenvalue weighted by atomic mass is 9.95. The van der Waals surface area contributed by atoms with E-state index < -0.39 is 10.0 Å². The van der Waals surface area contributed by atoms with E-state index in [4.69, 9.17) is 0 Å². The molecule has 0 unspecified atom stereocenters. The summed E-state index contributed by atoms with van der Waals surface area (Å²) in [5.41, 5.74) is 5.42. The van der Waals surface area contributed by atoms with Crippen LogP contribution in [0.2, 0.25) is 0 Å². The second-order valence-corrected chi connectivity index (χ2v) is 10.9. The molecule has 0 aliphatic carbocycles. The van der Waals surface area contributed by atoms with Crippen molar-refractivity contribution in [3.8, 4) is 0 Å². The van der Waals surface area contributed by atoms with E-state index in [2.05, 4.69) is 14.9 Å². The van der Waals surface area contributed by atoms with Crippen molar-refractivity contribution in [2.24, 2.45) is 0 Å². The largest absolute Gasteiger partial charge is 0.309 e. The van der Waals surface area contributed by atoms with Gasteiger partial charge in [-0.2, -0.15) is 4.31 Å². The molecule has 1 aliphatic rings. The number of nitrogens with zero attached hydrogens (tertiary/aromatic N) is 3. The summed E-state index contributed by atoms with van der Waals surface area (Å²) in [5, 5.41) is 0.568. The highest BCUT2D eigenvalue weighted by molar-refractivity contribution is 7.89. The van der Waals surface area contributed by atoms with Gasteiger partial charge in [-0.15, -0.1) is 0 Å². The molecule has 4 rings (SSSR count). The first-order valence-corrected chi connectivity index (χ1v) is 12.8. The predicted molar refractivity (Wildman–Crippen MR) is 131 cm³/mol. The van der Waals surface area contributed by atoms with Crippen molar-refractivity contribution in [3.63, 3.8) is 0 Å². The highest BCUT2D eigenvalue weighted by Gasteiger charge is 2.34. The first-order chi connectivity index (χ1) is 15.5. The molecular weight excluding hydrogens is 436 g/mol. The van der Waals surface area contributed by atoms with E-state index in [1.807, 2.05) is 59.7 Å². The summed E-state index contributed by atoms with van der Waals surface area (Å²) in [6, 6.07) is 7.16. The summed E-state index contributed by atoms with van der Waals surface area (Å²) >= 11 is 0. The van der Waals surface area contributed by atoms with Gasteiger partial charge in [0, 0.05) is 26.2 Å². The second-order valence-electron chi connectivity index (χ2n) is 9.04. The molecule has 1 aliphatic heterocycles. The topological polar surface area (TPSA) is 86.4 Å². The van der Waals surface area contributed by atoms with Crippen molar-refractivity contribution < 1.29 is 8.42 Å². The number of aromatic amines is 1. The highest BCUT2D eigenvalue weighted by Crippen LogP contribution is 2.32. The van der Waals surface area contributed by atoms with Gasteiger partial charge in [0.15, 0.2) is 0 Å². The summed E-state index contributed by atoms with van der Waals surface area (Å²) in [5.74, 6) is 0.603. The van der Waals surface area contributed by atoms with Gasteiger partial charge >= 0.3 is 0 Å². The Morgan fingerprint density at radius 1 is 0.879 bits per heavy atom. The standard InChI is InChI=1S/C25H32N4O3S/c1-15-16(2)18(4)23(19(5)17(15)3)33(31,32)29-13-11-28(12-14-29)20(6)24-26-22-10-8-7-9-21(22)25(30)27-24/h7-10,20H,11-14H2,1-6H3,(H,26,27,30)/t20-/m0/s1. The van der Waals surface area contributed by atoms with Crippen molar-refractivity contribution >= 4 is 20.9 Å². The molecule has 2 heterocycles. The summed E-state index contributed by atoms with van der Waals surface area (Å²) in [7, 11) is -3.60. The van der Waals surface area contributed by atoms with Gasteiger partial charge in [0.05, 0.1) is 21.8 Å². The Kier molecular flexibility index (Phi) is 6.20. The molecule has 1 fully saturated rings. The summed E-state index contributed by atoms with van der Waals surface area (Å²) in [6.45, 7) is 13.8. The Bertz CT molecular complexity index is 1360. The number of nitrogens with one attached hydrogen (secondary N) is 1. The Morgan fingerprint density at radius 3 is 2.03 bits per heavy atom. The van der Waals surface area contributed by atoms with Crippen LogP contribution >= 0.6 is 0 Å². The molecule has 0 saturated carbocycles. The van der Waals surface area contributed by atoms with Gasteiger partial charge in [-0.1, -0.05) is 12.1 Å². The van der Waals surface area contributed by atoms with Gasteiger partial charge in [0.1, 0.15) is 5.82 Å². The molecule has 0 spiro atoms. The van der Waals surface area contributed by atoms with Crippen LogP contribution in [0.4, 0.5) is 0 Å². The minimum atomic E-state index is -3.60. The SMILES string of the molecule is Cc1c(C)c(C)c(S(=O)(=O)N2CCN([C@@H](C)c3nc4ccccc4c(=O)[nH]3)CC2)c(C)c1C. The smallest absolute Gasteiger partial charge is 0.258 e. The number of aromatic nitrogens is 2. The Labute approximate surface area is 195 Å². The van der Waals surface area contributed by atoms with E-state index in [-0.39, 0.29) is 11.6 Å². The van der Waals surface area contributed by atoms with Crippen LogP contribution in [-0.2, 0) is 10.0 Å². The Balaban J connectivity index is 1.57. The molecule has 0 bridgehead atoms. The van der Waals surface area contributed by atoms with E-state index in [9.17, 15) is 13.2 Å². The average molecular weight is 469 g/mol. The summed E-state index contributed by atoms with van der Waals surface area (Å²) in [6.07, 6.45) is 0. The molecule has 3 aromatic rings. The average Bonchev–Trinajstić information content (AvgIpc) is 2.81. The number of benzene rings is 2. The Hall–Kier alpha value is -2.55. The number of piperazine rings is 1. The second kappa shape index (κ2) is 8.66. The lowest BCUT2D eigenvalue weighted by molar-refractivity contribution is 0.141. The minimum absolute atomic E-state index is 0.125. The van der Waals surface area contributed by atoms with Crippen LogP contribution in [-0.4, -0.2) is 53.8 Å². The lowest BCUT2D eigenvalue weighted by Gasteiger charge is -2.37. The van der Waals surface area contributed by atoms with Crippen molar-refractivity contribution in [1.29, 1.82) is 0 Å². The maximum atomic E-state index is 13.6. The zero-order valence-electron chi connectivity index (χ0n) is 20.2. The third-order valence-electron chi connectivity index (χ3n) is 7.38. The van der Waals surface area contributed by atoms with Crippen LogP contribution in [0.15, 0.2) is 34.0 Å². The normalized spacial score (nSPS) is 16.9. The van der Waals surface area contributed by atoms with Crippen molar-refractivity contribution in [1.82, 2.24) is 19.2 Å². The van der Waals surface area contributed by atoms with E-state index in [0.717, 1.165) is 27.8 Å². The van der Waals surface area contributed by atoms with Gasteiger partial charge < -0.3 is 4.98 Å². The molecule has 1 saturated heterocycles. The molecule has 176 valence electrons. The van der Waals surface area contributed by atoms with Crippen molar-refractivity contribution in [2.45, 2.75) is 52.5 Å². The zero-order valence-corrected chi connectivity index (χ0v) is 21.0. The zero-order chi connectivity index (χ0) is 24.1. The minimum Gasteiger partial charge on any atom is -0.309 e. The van der Waals surface area contributed by atoms with Crippen molar-refractivity contribution in [2.75, 3.05) is 26.2 Å². The van der Waals surface area contributed by atoms with E-state index >= 15 is 0 Å². The number of sulfonamides is 1. The lowest BCUT2D eigenvalue weighted by Crippen LogP contribution is -2.49. The molecule has 8 heteroatoms. The number of hydrogen-bond acceptors (Lipinski definition) is 5. The Morgan fingerprint density at radius 2 is 1.42 bits per heavy atom. The summed E-state index contributed by atoms with van der Waals surface area (Å²) < 4.78 is 28.9. The quantitative estimate of drug-likeness (QED) is 0.633. The maximum Gasteiger partial charge on any atom is 0.258 e. The molecule has 2 aromatic carbocycles.